The van der Waals surface area contributed by atoms with Gasteiger partial charge in [0.1, 0.15) is 83.4 Å². The first kappa shape index (κ1) is 74.5. The van der Waals surface area contributed by atoms with Crippen LogP contribution in [-0.2, 0) is 52.6 Å². The number of nitrogens with one attached hydrogen (secondary N) is 7. The number of carbonyl (C=O) groups is 8. The lowest BCUT2D eigenvalue weighted by atomic mass is 9.86. The highest BCUT2D eigenvalue weighted by atomic mass is 35.5. The number of phenolic OH excluding ortho intramolecular Hbond substituents is 3. The summed E-state index contributed by atoms with van der Waals surface area (Å²) >= 11 is 14.1. The maximum Gasteiger partial charge on any atom is 0.330 e. The summed E-state index contributed by atoms with van der Waals surface area (Å²) in [6.45, 7) is 5.60. The average molecular weight is 1450 g/mol. The van der Waals surface area contributed by atoms with E-state index in [9.17, 15) is 75.0 Å². The second-order valence-corrected chi connectivity index (χ2v) is 26.6. The number of aliphatic carboxylic acids is 1. The van der Waals surface area contributed by atoms with E-state index in [-0.39, 0.29) is 52.0 Å². The normalized spacial score (nSPS) is 29.4. The monoisotopic (exact) mass is 1450 g/mol. The van der Waals surface area contributed by atoms with Gasteiger partial charge in [0, 0.05) is 34.7 Å². The van der Waals surface area contributed by atoms with Crippen LogP contribution >= 0.6 is 23.2 Å². The number of carboxylic acids is 1. The van der Waals surface area contributed by atoms with Gasteiger partial charge in [0.25, 0.3) is 0 Å². The molecular formula is C66H75Cl2N9O24. The number of benzene rings is 5. The Labute approximate surface area is 584 Å². The summed E-state index contributed by atoms with van der Waals surface area (Å²) in [5.74, 6) is -18.6. The zero-order valence-electron chi connectivity index (χ0n) is 54.4. The van der Waals surface area contributed by atoms with Crippen molar-refractivity contribution in [2.75, 3.05) is 13.7 Å². The van der Waals surface area contributed by atoms with Crippen LogP contribution in [0.5, 0.6) is 46.0 Å². The van der Waals surface area contributed by atoms with Gasteiger partial charge >= 0.3 is 5.97 Å². The molecule has 17 atom stereocenters. The lowest BCUT2D eigenvalue weighted by molar-refractivity contribution is -0.393. The van der Waals surface area contributed by atoms with Crippen molar-refractivity contribution >= 4 is 70.5 Å². The molecule has 0 saturated carbocycles. The molecule has 7 aliphatic heterocycles. The molecule has 33 nitrogen and oxygen atoms in total. The van der Waals surface area contributed by atoms with Crippen molar-refractivity contribution < 1.29 is 118 Å². The standard InChI is InChI=1S/C66H75Cl2N9O24/c1-24(2)12-35(71-5)58(87)76-51-53(83)27-7-10-39(33(67)14-27)97-41-16-29-17-42(55(41)100-45-22-66(95,57(86)43(23-78)99-45)101-46-21-65(4,70)56(85)25(3)96-46)98-40-11-8-28(15-34(40)68)54(84)52-63(92)75-50(64(93)94)32-18-30(79)19-38(81)47(32)31-13-26(6-9-37(31)80)48(60(89)77-52)74-61(90)49(29)73-59(88)36(20-44(69)82)72-62(51)91/h6-11,13-19,24-25,35-36,43,45-46,48-54,56-57,71,78-81,83-86,95H,12,20-23,70H2,1-5H3,(H2,69,82)(H,72,91)(H,73,88)(H,74,90)(H,75,92)(H,76,87)(H,77,89)(H,93,94)/t25?,35-,36+,43?,45?,46?,48-,49-,50-,51-,52+,53-,54-,56?,57?,65?,66?/m1/s1. The highest BCUT2D eigenvalue weighted by molar-refractivity contribution is 6.32. The number of hydrogen-bond donors (Lipinski definition) is 19. The van der Waals surface area contributed by atoms with E-state index in [1.807, 2.05) is 13.8 Å². The smallest absolute Gasteiger partial charge is 0.330 e. The molecular weight excluding hydrogens is 1370 g/mol. The third-order valence-electron chi connectivity index (χ3n) is 17.8. The topological polar surface area (TPSA) is 530 Å². The maximum atomic E-state index is 16.0. The second kappa shape index (κ2) is 29.8. The van der Waals surface area contributed by atoms with Gasteiger partial charge in [0.2, 0.25) is 59.2 Å². The van der Waals surface area contributed by atoms with E-state index in [0.29, 0.717) is 0 Å². The molecule has 5 aromatic rings. The molecule has 0 aliphatic carbocycles. The molecule has 0 spiro atoms. The molecule has 11 bridgehead atoms. The molecule has 12 rings (SSSR count). The lowest BCUT2D eigenvalue weighted by Gasteiger charge is -2.48. The van der Waals surface area contributed by atoms with Gasteiger partial charge in [-0.05, 0) is 110 Å². The van der Waals surface area contributed by atoms with Gasteiger partial charge < -0.3 is 128 Å². The first-order chi connectivity index (χ1) is 47.6. The van der Waals surface area contributed by atoms with Crippen molar-refractivity contribution in [3.63, 3.8) is 0 Å². The summed E-state index contributed by atoms with van der Waals surface area (Å²) in [5, 5.41) is 131. The molecule has 2 fully saturated rings. The van der Waals surface area contributed by atoms with Crippen LogP contribution in [0.25, 0.3) is 11.1 Å². The largest absolute Gasteiger partial charge is 0.508 e. The summed E-state index contributed by atoms with van der Waals surface area (Å²) in [7, 11) is 1.47. The fourth-order valence-electron chi connectivity index (χ4n) is 12.6. The van der Waals surface area contributed by atoms with Gasteiger partial charge in [0.05, 0.1) is 47.7 Å². The fourth-order valence-corrected chi connectivity index (χ4v) is 13.0. The van der Waals surface area contributed by atoms with Crippen molar-refractivity contribution in [1.82, 2.24) is 37.2 Å². The third-order valence-corrected chi connectivity index (χ3v) is 18.4. The second-order valence-electron chi connectivity index (χ2n) is 25.8. The Kier molecular flexibility index (Phi) is 22.0. The summed E-state index contributed by atoms with van der Waals surface area (Å²) in [4.78, 5) is 117. The van der Waals surface area contributed by atoms with Crippen molar-refractivity contribution in [3.05, 3.63) is 117 Å². The summed E-state index contributed by atoms with van der Waals surface area (Å²) in [6.07, 6.45) is -15.7. The number of aliphatic hydroxyl groups excluding tert-OH is 5. The number of nitrogens with two attached hydrogens (primary N) is 2. The molecule has 101 heavy (non-hydrogen) atoms. The van der Waals surface area contributed by atoms with E-state index in [2.05, 4.69) is 37.2 Å². The van der Waals surface area contributed by atoms with Crippen LogP contribution in [0.4, 0.5) is 0 Å². The van der Waals surface area contributed by atoms with Gasteiger partial charge in [-0.1, -0.05) is 55.2 Å². The van der Waals surface area contributed by atoms with Crippen LogP contribution in [0.1, 0.15) is 112 Å². The molecule has 542 valence electrons. The van der Waals surface area contributed by atoms with Crippen LogP contribution in [0.3, 0.4) is 0 Å². The number of phenols is 3. The summed E-state index contributed by atoms with van der Waals surface area (Å²) in [6, 6.07) is -0.592. The van der Waals surface area contributed by atoms with E-state index in [4.69, 9.17) is 63.1 Å². The van der Waals surface area contributed by atoms with Gasteiger partial charge in [-0.25, -0.2) is 4.79 Å². The number of aromatic hydroxyl groups is 3. The Balaban J connectivity index is 1.22. The number of halogens is 2. The predicted molar refractivity (Wildman–Crippen MR) is 349 cm³/mol. The number of amides is 7. The number of hydrogen-bond acceptors (Lipinski definition) is 25. The number of rotatable bonds is 13. The maximum absolute atomic E-state index is 16.0. The van der Waals surface area contributed by atoms with Crippen LogP contribution in [0.15, 0.2) is 78.9 Å². The van der Waals surface area contributed by atoms with Crippen molar-refractivity contribution in [2.45, 2.75) is 156 Å². The Morgan fingerprint density at radius 2 is 1.31 bits per heavy atom. The minimum Gasteiger partial charge on any atom is -0.508 e. The Hall–Kier alpha value is -9.20. The van der Waals surface area contributed by atoms with E-state index >= 15 is 14.4 Å². The van der Waals surface area contributed by atoms with Crippen molar-refractivity contribution in [3.8, 4) is 57.1 Å². The molecule has 0 aromatic heterocycles. The van der Waals surface area contributed by atoms with Crippen molar-refractivity contribution in [1.29, 1.82) is 0 Å². The minimum atomic E-state index is -2.78. The first-order valence-corrected chi connectivity index (χ1v) is 32.4. The molecule has 21 N–H and O–H groups in total. The predicted octanol–water partition coefficient (Wildman–Crippen LogP) is 0.455. The average Bonchev–Trinajstić information content (AvgIpc) is 0.770. The molecule has 7 heterocycles. The SMILES string of the molecule is CN[C@H](CC(C)C)C(=O)N[C@H]1C(=O)N[C@@H](CC(N)=O)C(=O)N[C@H]2C(=O)N[C@H]3C(=O)N[C@H](C(=O)N[C@@H](C(=O)O)c4cc(O)cc(O)c4-c4cc3ccc4O)[C@H](O)c3ccc(c(Cl)c3)Oc3cc2cc(c3OC2CC(O)(OC3CC(C)(N)C(O)C(C)O3)C(O)C(CO)O2)Oc2ccc(cc2Cl)[C@H]1O. The van der Waals surface area contributed by atoms with Crippen LogP contribution < -0.4 is 62.9 Å². The van der Waals surface area contributed by atoms with E-state index in [1.165, 1.54) is 33.0 Å². The van der Waals surface area contributed by atoms with Crippen LogP contribution in [-0.4, -0.2) is 185 Å². The van der Waals surface area contributed by atoms with E-state index < -0.39 is 231 Å². The van der Waals surface area contributed by atoms with E-state index in [1.54, 1.807) is 0 Å². The number of likely N-dealkylation sites (N-methyl/N-ethyl adjacent to an activating group) is 1. The number of fused-ring (bicyclic) bond motifs is 15. The molecule has 7 aliphatic rings. The Morgan fingerprint density at radius 1 is 0.703 bits per heavy atom. The third kappa shape index (κ3) is 15.8. The fraction of sp³-hybridized carbons (Fsp3) is 0.424. The minimum absolute atomic E-state index is 0.0952. The summed E-state index contributed by atoms with van der Waals surface area (Å²) < 4.78 is 37.7. The zero-order valence-corrected chi connectivity index (χ0v) is 55.9. The lowest BCUT2D eigenvalue weighted by Crippen LogP contribution is -2.65. The molecule has 2 saturated heterocycles. The van der Waals surface area contributed by atoms with Gasteiger partial charge in [-0.15, -0.1) is 0 Å². The first-order valence-electron chi connectivity index (χ1n) is 31.6. The number of carbonyl (C=O) groups excluding carboxylic acids is 7. The van der Waals surface area contributed by atoms with Crippen molar-refractivity contribution in [2.24, 2.45) is 17.4 Å². The molecule has 5 aromatic carbocycles. The molecule has 35 heteroatoms. The zero-order chi connectivity index (χ0) is 73.6. The Morgan fingerprint density at radius 3 is 1.89 bits per heavy atom. The molecule has 0 radical (unpaired) electrons. The highest BCUT2D eigenvalue weighted by Gasteiger charge is 2.54. The molecule has 8 unspecified atom stereocenters. The quantitative estimate of drug-likeness (QED) is 0.0712. The summed E-state index contributed by atoms with van der Waals surface area (Å²) in [5.41, 5.74) is 7.97. The number of carboxylic acid groups (broad SMARTS) is 1. The van der Waals surface area contributed by atoms with Gasteiger partial charge in [0.15, 0.2) is 23.8 Å². The number of ether oxygens (including phenoxy) is 6. The van der Waals surface area contributed by atoms with Gasteiger partial charge in [-0.3, -0.25) is 33.6 Å². The van der Waals surface area contributed by atoms with Crippen LogP contribution in [0.2, 0.25) is 10.0 Å². The number of primary amides is 1. The van der Waals surface area contributed by atoms with E-state index in [0.717, 1.165) is 66.7 Å². The number of aliphatic hydroxyl groups is 6. The van der Waals surface area contributed by atoms with Gasteiger partial charge in [-0.2, -0.15) is 0 Å². The highest BCUT2D eigenvalue weighted by Crippen LogP contribution is 2.50. The molecule has 7 amide bonds. The Bertz CT molecular complexity index is 4090. The van der Waals surface area contributed by atoms with Crippen LogP contribution in [0, 0.1) is 5.92 Å².